The Hall–Kier alpha value is -3.12. The fourth-order valence-corrected chi connectivity index (χ4v) is 6.63. The third-order valence-electron chi connectivity index (χ3n) is 7.19. The average molecular weight is 519 g/mol. The number of halogens is 3. The topological polar surface area (TPSA) is 98.9 Å². The van der Waals surface area contributed by atoms with Crippen molar-refractivity contribution in [3.8, 4) is 6.01 Å². The fraction of sp³-hybridized carbons (Fsp3) is 0.458. The van der Waals surface area contributed by atoms with Crippen LogP contribution in [0, 0.1) is 5.41 Å². The minimum atomic E-state index is -4.27. The van der Waals surface area contributed by atoms with E-state index in [4.69, 9.17) is 4.74 Å². The molecule has 4 heterocycles. The smallest absolute Gasteiger partial charge is 0.393 e. The van der Waals surface area contributed by atoms with Crippen molar-refractivity contribution in [2.75, 3.05) is 25.1 Å². The lowest BCUT2D eigenvalue weighted by Crippen LogP contribution is -2.56. The van der Waals surface area contributed by atoms with Gasteiger partial charge in [-0.1, -0.05) is 6.07 Å². The van der Waals surface area contributed by atoms with Crippen LogP contribution in [-0.4, -0.2) is 52.4 Å². The molecule has 3 aromatic heterocycles. The van der Waals surface area contributed by atoms with Crippen molar-refractivity contribution in [3.63, 3.8) is 0 Å². The summed E-state index contributed by atoms with van der Waals surface area (Å²) in [4.78, 5) is 28.7. The lowest BCUT2D eigenvalue weighted by Gasteiger charge is -2.49. The third kappa shape index (κ3) is 4.43. The van der Waals surface area contributed by atoms with Crippen LogP contribution in [0.4, 0.5) is 19.0 Å². The number of aromatic nitrogens is 4. The van der Waals surface area contributed by atoms with Gasteiger partial charge >= 0.3 is 17.9 Å². The molecule has 1 saturated heterocycles. The molecule has 1 unspecified atom stereocenters. The number of alkyl halides is 3. The molecular formula is C24H25F3N6O2S. The van der Waals surface area contributed by atoms with E-state index < -0.39 is 12.6 Å². The van der Waals surface area contributed by atoms with E-state index in [0.29, 0.717) is 28.6 Å². The van der Waals surface area contributed by atoms with Crippen molar-refractivity contribution in [2.45, 2.75) is 44.4 Å². The molecule has 6 rings (SSSR count). The van der Waals surface area contributed by atoms with Gasteiger partial charge in [-0.2, -0.15) is 23.1 Å². The Kier molecular flexibility index (Phi) is 5.48. The van der Waals surface area contributed by atoms with Crippen LogP contribution in [0.3, 0.4) is 0 Å². The van der Waals surface area contributed by atoms with Crippen LogP contribution in [0.2, 0.25) is 0 Å². The van der Waals surface area contributed by atoms with Crippen LogP contribution >= 0.6 is 11.3 Å². The first-order valence-electron chi connectivity index (χ1n) is 11.8. The minimum absolute atomic E-state index is 0.169. The van der Waals surface area contributed by atoms with Gasteiger partial charge in [-0.3, -0.25) is 0 Å². The van der Waals surface area contributed by atoms with E-state index >= 15 is 0 Å². The highest BCUT2D eigenvalue weighted by atomic mass is 32.1. The standard InChI is InChI=1S/C24H25F3N6O2S/c1-35-22-31-19(16-7-15(9-24(25,26)27)36-20(16)32-22)33-11-23(12-33)5-4-14(8-23)28-10-13-2-3-17-18(6-13)30-21(34)29-17/h2-3,6-7,14,28H,4-5,8-12H2,1H3,(H2,29,30,34). The lowest BCUT2D eigenvalue weighted by molar-refractivity contribution is -0.126. The molecule has 4 aromatic rings. The summed E-state index contributed by atoms with van der Waals surface area (Å²) in [7, 11) is 1.46. The largest absolute Gasteiger partial charge is 0.467 e. The van der Waals surface area contributed by atoms with Crippen molar-refractivity contribution < 1.29 is 17.9 Å². The second-order valence-corrected chi connectivity index (χ2v) is 11.0. The van der Waals surface area contributed by atoms with Crippen molar-refractivity contribution in [1.82, 2.24) is 25.3 Å². The molecule has 3 N–H and O–H groups in total. The van der Waals surface area contributed by atoms with E-state index in [0.717, 1.165) is 60.3 Å². The Morgan fingerprint density at radius 3 is 2.81 bits per heavy atom. The maximum absolute atomic E-state index is 12.9. The van der Waals surface area contributed by atoms with Gasteiger partial charge in [0.2, 0.25) is 0 Å². The van der Waals surface area contributed by atoms with E-state index in [1.807, 2.05) is 18.2 Å². The third-order valence-corrected chi connectivity index (χ3v) is 8.22. The van der Waals surface area contributed by atoms with Gasteiger partial charge in [0.05, 0.1) is 30.0 Å². The number of thiophene rings is 1. The molecule has 1 aromatic carbocycles. The predicted octanol–water partition coefficient (Wildman–Crippen LogP) is 4.12. The van der Waals surface area contributed by atoms with E-state index in [1.165, 1.54) is 7.11 Å². The number of imidazole rings is 1. The first-order chi connectivity index (χ1) is 17.2. The zero-order valence-corrected chi connectivity index (χ0v) is 20.4. The summed E-state index contributed by atoms with van der Waals surface area (Å²) in [5.41, 5.74) is 2.67. The number of nitrogens with one attached hydrogen (secondary N) is 3. The van der Waals surface area contributed by atoms with Crippen LogP contribution in [0.1, 0.15) is 29.7 Å². The van der Waals surface area contributed by atoms with Crippen LogP contribution < -0.4 is 20.6 Å². The highest BCUT2D eigenvalue weighted by Gasteiger charge is 2.49. The Balaban J connectivity index is 1.12. The first-order valence-corrected chi connectivity index (χ1v) is 12.6. The number of hydrogen-bond donors (Lipinski definition) is 3. The Labute approximate surface area is 207 Å². The van der Waals surface area contributed by atoms with Gasteiger partial charge in [-0.05, 0) is 43.0 Å². The van der Waals surface area contributed by atoms with Crippen LogP contribution in [0.5, 0.6) is 6.01 Å². The second-order valence-electron chi connectivity index (χ2n) is 9.89. The zero-order chi connectivity index (χ0) is 25.1. The molecule has 190 valence electrons. The number of anilines is 1. The molecule has 2 aliphatic rings. The first kappa shape index (κ1) is 23.3. The van der Waals surface area contributed by atoms with Crippen LogP contribution in [0.25, 0.3) is 21.3 Å². The molecular weight excluding hydrogens is 493 g/mol. The minimum Gasteiger partial charge on any atom is -0.467 e. The van der Waals surface area contributed by atoms with E-state index in [-0.39, 0.29) is 22.0 Å². The number of methoxy groups -OCH3 is 1. The van der Waals surface area contributed by atoms with E-state index in [2.05, 4.69) is 30.2 Å². The van der Waals surface area contributed by atoms with Gasteiger partial charge in [0.1, 0.15) is 10.6 Å². The van der Waals surface area contributed by atoms with Crippen molar-refractivity contribution in [1.29, 1.82) is 0 Å². The number of H-pyrrole nitrogens is 2. The average Bonchev–Trinajstić information content (AvgIpc) is 3.49. The number of aromatic amines is 2. The van der Waals surface area contributed by atoms with Gasteiger partial charge in [-0.15, -0.1) is 11.3 Å². The van der Waals surface area contributed by atoms with Crippen LogP contribution in [-0.2, 0) is 13.0 Å². The van der Waals surface area contributed by atoms with Crippen molar-refractivity contribution >= 4 is 38.4 Å². The summed E-state index contributed by atoms with van der Waals surface area (Å²) in [6.07, 6.45) is -2.06. The molecule has 1 spiro atoms. The Morgan fingerprint density at radius 2 is 2.03 bits per heavy atom. The second kappa shape index (κ2) is 8.48. The molecule has 0 radical (unpaired) electrons. The van der Waals surface area contributed by atoms with Crippen molar-refractivity contribution in [2.24, 2.45) is 5.41 Å². The molecule has 1 atom stereocenters. The van der Waals surface area contributed by atoms with Gasteiger partial charge in [-0.25, -0.2) is 4.79 Å². The molecule has 1 saturated carbocycles. The van der Waals surface area contributed by atoms with Gasteiger partial charge < -0.3 is 24.9 Å². The number of benzene rings is 1. The summed E-state index contributed by atoms with van der Waals surface area (Å²) in [5.74, 6) is 0.650. The normalized spacial score (nSPS) is 19.4. The predicted molar refractivity (Wildman–Crippen MR) is 132 cm³/mol. The van der Waals surface area contributed by atoms with Crippen LogP contribution in [0.15, 0.2) is 29.1 Å². The fourth-order valence-electron chi connectivity index (χ4n) is 5.59. The van der Waals surface area contributed by atoms with Crippen molar-refractivity contribution in [3.05, 3.63) is 45.2 Å². The number of rotatable bonds is 6. The summed E-state index contributed by atoms with van der Waals surface area (Å²) >= 11 is 1.04. The summed E-state index contributed by atoms with van der Waals surface area (Å²) < 4.78 is 44.1. The number of nitrogens with zero attached hydrogens (tertiary/aromatic N) is 3. The Morgan fingerprint density at radius 1 is 1.22 bits per heavy atom. The lowest BCUT2D eigenvalue weighted by atomic mass is 9.78. The quantitative estimate of drug-likeness (QED) is 0.355. The highest BCUT2D eigenvalue weighted by molar-refractivity contribution is 7.18. The highest BCUT2D eigenvalue weighted by Crippen LogP contribution is 2.48. The maximum Gasteiger partial charge on any atom is 0.393 e. The SMILES string of the molecule is COc1nc(N2CC3(CCC(NCc4ccc5[nH]c(=O)[nH]c5c4)C3)C2)c2cc(CC(F)(F)F)sc2n1. The maximum atomic E-state index is 12.9. The summed E-state index contributed by atoms with van der Waals surface area (Å²) in [5, 5.41) is 4.30. The number of ether oxygens (including phenoxy) is 1. The van der Waals surface area contributed by atoms with E-state index in [9.17, 15) is 18.0 Å². The molecule has 0 amide bonds. The molecule has 36 heavy (non-hydrogen) atoms. The number of hydrogen-bond acceptors (Lipinski definition) is 7. The molecule has 0 bridgehead atoms. The molecule has 1 aliphatic carbocycles. The van der Waals surface area contributed by atoms with Gasteiger partial charge in [0.25, 0.3) is 0 Å². The summed E-state index contributed by atoms with van der Waals surface area (Å²) in [6.45, 7) is 2.33. The summed E-state index contributed by atoms with van der Waals surface area (Å²) in [6, 6.07) is 8.03. The Bertz CT molecular complexity index is 1490. The molecule has 8 nitrogen and oxygen atoms in total. The van der Waals surface area contributed by atoms with E-state index in [1.54, 1.807) is 6.07 Å². The molecule has 12 heteroatoms. The molecule has 1 aliphatic heterocycles. The zero-order valence-electron chi connectivity index (χ0n) is 19.5. The molecule has 2 fully saturated rings. The van der Waals surface area contributed by atoms with Gasteiger partial charge in [0.15, 0.2) is 0 Å². The number of fused-ring (bicyclic) bond motifs is 2. The monoisotopic (exact) mass is 518 g/mol. The van der Waals surface area contributed by atoms with Gasteiger partial charge in [0, 0.05) is 36.0 Å².